The Kier molecular flexibility index (Phi) is 54.8. The Morgan fingerprint density at radius 1 is 0.233 bits per heavy atom. The van der Waals surface area contributed by atoms with Gasteiger partial charge in [-0.25, -0.2) is 33.7 Å². The maximum Gasteiger partial charge on any atom is 2.00 e. The van der Waals surface area contributed by atoms with Crippen molar-refractivity contribution in [1.29, 1.82) is 0 Å². The number of benzene rings is 4. The first kappa shape index (κ1) is 91.1. The fourth-order valence-electron chi connectivity index (χ4n) is 11.4. The fraction of sp³-hybridized carbons (Fsp3) is 0.667. The molecule has 0 fully saturated rings. The second-order valence-electron chi connectivity index (χ2n) is 24.2. The summed E-state index contributed by atoms with van der Waals surface area (Å²) in [5.41, 5.74) is 4.56. The molecule has 12 nitrogen and oxygen atoms in total. The smallest absolute Gasteiger partial charge is 0.744 e. The number of hydrogen-bond acceptors (Lipinski definition) is 12. The Morgan fingerprint density at radius 3 is 0.489 bits per heavy atom. The van der Waals surface area contributed by atoms with Crippen LogP contribution in [-0.2, 0) is 40.5 Å². The van der Waals surface area contributed by atoms with Crippen molar-refractivity contribution in [2.24, 2.45) is 0 Å². The summed E-state index contributed by atoms with van der Waals surface area (Å²) in [7, 11) is -17.3. The minimum absolute atomic E-state index is 0. The van der Waals surface area contributed by atoms with Crippen LogP contribution in [0.1, 0.15) is 332 Å². The molecule has 0 N–H and O–H groups in total. The third kappa shape index (κ3) is 42.6. The molecule has 0 radical (unpaired) electrons. The van der Waals surface area contributed by atoms with Crippen LogP contribution in [-0.4, -0.2) is 127 Å². The van der Waals surface area contributed by atoms with Crippen LogP contribution in [0.3, 0.4) is 0 Å². The molecule has 0 aliphatic rings. The molecule has 4 aromatic rings. The van der Waals surface area contributed by atoms with Crippen molar-refractivity contribution in [2.75, 3.05) is 0 Å². The molecule has 504 valence electrons. The molecule has 18 heteroatoms. The van der Waals surface area contributed by atoms with Gasteiger partial charge < -0.3 is 18.2 Å². The Bertz CT molecular complexity index is 2430. The zero-order chi connectivity index (χ0) is 65.7. The van der Waals surface area contributed by atoms with E-state index < -0.39 is 40.5 Å². The summed E-state index contributed by atoms with van der Waals surface area (Å²) in [6.45, 7) is 17.6. The van der Waals surface area contributed by atoms with Gasteiger partial charge in [0.15, 0.2) is 0 Å². The molecule has 4 rings (SSSR count). The van der Waals surface area contributed by atoms with Gasteiger partial charge in [0.1, 0.15) is 40.5 Å². The Balaban J connectivity index is 0. The molecule has 4 atom stereocenters. The topological polar surface area (TPSA) is 229 Å². The molecule has 0 saturated heterocycles. The van der Waals surface area contributed by atoms with Crippen LogP contribution in [0.4, 0.5) is 0 Å². The van der Waals surface area contributed by atoms with Gasteiger partial charge in [-0.1, -0.05) is 284 Å². The van der Waals surface area contributed by atoms with E-state index in [-0.39, 0.29) is 95.1 Å². The van der Waals surface area contributed by atoms with Gasteiger partial charge in [-0.2, -0.15) is 0 Å². The van der Waals surface area contributed by atoms with Crippen molar-refractivity contribution in [3.63, 3.8) is 0 Å². The first-order chi connectivity index (χ1) is 41.9. The minimum atomic E-state index is -4.33. The molecule has 0 aliphatic carbocycles. The standard InChI is InChI=1S/4C18H30O3S.2Ca/c4*1-3-5-6-7-8-9-10-11-16(4-2)17-12-14-18(15-13-17)22(19,20)21;;/h4*12-16H,3-11H2,1-2H3,(H,19,20,21);;/q;;;;2*+2/p-4. The summed E-state index contributed by atoms with van der Waals surface area (Å²) >= 11 is 0. The van der Waals surface area contributed by atoms with Gasteiger partial charge in [0, 0.05) is 0 Å². The zero-order valence-electron chi connectivity index (χ0n) is 56.9. The minimum Gasteiger partial charge on any atom is -0.744 e. The van der Waals surface area contributed by atoms with E-state index in [9.17, 15) is 51.9 Å². The average molecular weight is 1380 g/mol. The van der Waals surface area contributed by atoms with E-state index in [1.165, 1.54) is 228 Å². The predicted octanol–water partition coefficient (Wildman–Crippen LogP) is 20.1. The molecule has 0 aromatic heterocycles. The summed E-state index contributed by atoms with van der Waals surface area (Å²) in [4.78, 5) is -0.548. The molecule has 0 bridgehead atoms. The summed E-state index contributed by atoms with van der Waals surface area (Å²) in [6.07, 6.45) is 45.1. The Hall–Kier alpha value is -0.961. The Morgan fingerprint density at radius 2 is 0.367 bits per heavy atom. The number of unbranched alkanes of at least 4 members (excludes halogenated alkanes) is 24. The van der Waals surface area contributed by atoms with E-state index in [1.807, 2.05) is 0 Å². The summed E-state index contributed by atoms with van der Waals surface area (Å²) in [6, 6.07) is 25.8. The number of hydrogen-bond donors (Lipinski definition) is 0. The SMILES string of the molecule is CCCCCCCCCC(CC)c1ccc(S(=O)(=O)[O-])cc1.CCCCCCCCCC(CC)c1ccc(S(=O)(=O)[O-])cc1.CCCCCCCCCC(CC)c1ccc(S(=O)(=O)[O-])cc1.CCCCCCCCCC(CC)c1ccc(S(=O)(=O)[O-])cc1.[Ca+2].[Ca+2]. The quantitative estimate of drug-likeness (QED) is 0.0229. The largest absolute Gasteiger partial charge is 2.00 e. The molecule has 0 heterocycles. The molecular weight excluding hydrogens is 1270 g/mol. The fourth-order valence-corrected chi connectivity index (χ4v) is 13.3. The molecule has 0 amide bonds. The van der Waals surface area contributed by atoms with Gasteiger partial charge in [0.2, 0.25) is 0 Å². The summed E-state index contributed by atoms with van der Waals surface area (Å²) in [5.74, 6) is 1.83. The van der Waals surface area contributed by atoms with E-state index in [2.05, 4.69) is 55.4 Å². The molecule has 0 saturated carbocycles. The van der Waals surface area contributed by atoms with E-state index >= 15 is 0 Å². The van der Waals surface area contributed by atoms with E-state index in [0.29, 0.717) is 23.7 Å². The van der Waals surface area contributed by atoms with Crippen LogP contribution < -0.4 is 0 Å². The zero-order valence-corrected chi connectivity index (χ0v) is 64.6. The van der Waals surface area contributed by atoms with Gasteiger partial charge >= 0.3 is 75.5 Å². The van der Waals surface area contributed by atoms with Crippen LogP contribution in [0, 0.1) is 0 Å². The van der Waals surface area contributed by atoms with Crippen LogP contribution >= 0.6 is 0 Å². The molecule has 4 aromatic carbocycles. The van der Waals surface area contributed by atoms with Gasteiger partial charge in [-0.05, 0) is 146 Å². The van der Waals surface area contributed by atoms with Crippen LogP contribution in [0.15, 0.2) is 117 Å². The van der Waals surface area contributed by atoms with Crippen molar-refractivity contribution in [3.05, 3.63) is 119 Å². The van der Waals surface area contributed by atoms with Gasteiger partial charge in [-0.15, -0.1) is 0 Å². The normalized spacial score (nSPS) is 12.9. The van der Waals surface area contributed by atoms with Crippen molar-refractivity contribution in [1.82, 2.24) is 0 Å². The molecule has 90 heavy (non-hydrogen) atoms. The van der Waals surface area contributed by atoms with E-state index in [1.54, 1.807) is 48.5 Å². The average Bonchev–Trinajstić information content (AvgIpc) is 3.67. The number of rotatable bonds is 44. The van der Waals surface area contributed by atoms with Crippen molar-refractivity contribution in [3.8, 4) is 0 Å². The van der Waals surface area contributed by atoms with Crippen LogP contribution in [0.5, 0.6) is 0 Å². The molecular formula is C72H116Ca2O12S4. The monoisotopic (exact) mass is 1380 g/mol. The Labute approximate surface area is 610 Å². The predicted molar refractivity (Wildman–Crippen MR) is 372 cm³/mol. The molecule has 0 spiro atoms. The second kappa shape index (κ2) is 54.1. The van der Waals surface area contributed by atoms with Crippen LogP contribution in [0.2, 0.25) is 0 Å². The maximum absolute atomic E-state index is 10.9. The first-order valence-corrected chi connectivity index (χ1v) is 39.8. The maximum atomic E-state index is 10.9. The van der Waals surface area contributed by atoms with Crippen molar-refractivity contribution in [2.45, 2.75) is 330 Å². The van der Waals surface area contributed by atoms with Crippen LogP contribution in [0.25, 0.3) is 0 Å². The third-order valence-electron chi connectivity index (χ3n) is 17.2. The summed E-state index contributed by atoms with van der Waals surface area (Å²) < 4.78 is 131. The molecule has 0 aliphatic heterocycles. The van der Waals surface area contributed by atoms with E-state index in [4.69, 9.17) is 0 Å². The third-order valence-corrected chi connectivity index (χ3v) is 20.6. The van der Waals surface area contributed by atoms with Gasteiger partial charge in [-0.3, -0.25) is 0 Å². The van der Waals surface area contributed by atoms with Gasteiger partial charge in [0.05, 0.1) is 19.6 Å². The van der Waals surface area contributed by atoms with Crippen molar-refractivity contribution < 1.29 is 51.9 Å². The first-order valence-electron chi connectivity index (χ1n) is 34.2. The molecule has 4 unspecified atom stereocenters. The van der Waals surface area contributed by atoms with Crippen molar-refractivity contribution >= 4 is 116 Å². The summed E-state index contributed by atoms with van der Waals surface area (Å²) in [5, 5.41) is 0. The second-order valence-corrected chi connectivity index (χ2v) is 29.7. The van der Waals surface area contributed by atoms with Gasteiger partial charge in [0.25, 0.3) is 0 Å². The van der Waals surface area contributed by atoms with E-state index in [0.717, 1.165) is 73.6 Å².